The number of hydrogen-bond acceptors (Lipinski definition) is 23. The van der Waals surface area contributed by atoms with E-state index in [4.69, 9.17) is 18.7 Å². The van der Waals surface area contributed by atoms with Gasteiger partial charge in [-0.15, -0.1) is 0 Å². The number of rotatable bonds is 32. The average molecular weight is 1230 g/mol. The zero-order valence-electron chi connectivity index (χ0n) is 44.3. The number of unbranched alkanes of at least 4 members (excludes halogenated alkanes) is 2. The first-order valence-corrected chi connectivity index (χ1v) is 29.7. The lowest BCUT2D eigenvalue weighted by molar-refractivity contribution is -0.261. The zero-order chi connectivity index (χ0) is 60.8. The molecule has 0 spiro atoms. The molecule has 4 aliphatic rings. The predicted octanol–water partition coefficient (Wildman–Crippen LogP) is -4.80. The van der Waals surface area contributed by atoms with E-state index < -0.39 is 168 Å². The summed E-state index contributed by atoms with van der Waals surface area (Å²) >= 11 is 1.79. The Morgan fingerprint density at radius 3 is 2.18 bits per heavy atom. The van der Waals surface area contributed by atoms with Gasteiger partial charge in [-0.2, -0.15) is 16.1 Å². The van der Waals surface area contributed by atoms with Crippen LogP contribution in [0.4, 0.5) is 4.79 Å². The molecule has 4 saturated heterocycles. The van der Waals surface area contributed by atoms with E-state index in [1.807, 2.05) is 4.98 Å². The van der Waals surface area contributed by atoms with Gasteiger partial charge in [0, 0.05) is 49.6 Å². The van der Waals surface area contributed by atoms with Crippen LogP contribution in [0.25, 0.3) is 0 Å². The molecule has 7 amide bonds. The molecular weight excluding hydrogens is 1160 g/mol. The molecule has 4 aliphatic heterocycles. The third-order valence-corrected chi connectivity index (χ3v) is 17.4. The van der Waals surface area contributed by atoms with Crippen molar-refractivity contribution in [1.29, 1.82) is 0 Å². The van der Waals surface area contributed by atoms with Crippen molar-refractivity contribution in [2.24, 2.45) is 0 Å². The van der Waals surface area contributed by atoms with Gasteiger partial charge in [-0.25, -0.2) is 28.3 Å². The van der Waals surface area contributed by atoms with Crippen LogP contribution in [0.1, 0.15) is 84.8 Å². The molecule has 35 nitrogen and oxygen atoms in total. The first-order chi connectivity index (χ1) is 38.5. The number of nitrogens with zero attached hydrogens (tertiary/aromatic N) is 1. The van der Waals surface area contributed by atoms with Gasteiger partial charge in [0.15, 0.2) is 12.5 Å². The van der Waals surface area contributed by atoms with E-state index in [9.17, 15) is 97.5 Å². The van der Waals surface area contributed by atoms with Crippen molar-refractivity contribution in [2.45, 2.75) is 175 Å². The predicted molar refractivity (Wildman–Crippen MR) is 276 cm³/mol. The topological polar surface area (TPSA) is 527 Å². The minimum absolute atomic E-state index is 0.0267. The number of aromatic amines is 1. The number of aliphatic hydroxyl groups excluding tert-OH is 4. The summed E-state index contributed by atoms with van der Waals surface area (Å²) in [6.07, 6.45) is -13.9. The molecule has 0 radical (unpaired) electrons. The summed E-state index contributed by atoms with van der Waals surface area (Å²) in [6.45, 7) is 1.11. The van der Waals surface area contributed by atoms with E-state index in [1.54, 1.807) is 11.8 Å². The number of carbonyl (C=O) groups is 8. The maximum absolute atomic E-state index is 13.4. The highest BCUT2D eigenvalue weighted by Gasteiger charge is 2.52. The number of carbonyl (C=O) groups excluding carboxylic acids is 6. The van der Waals surface area contributed by atoms with E-state index in [-0.39, 0.29) is 48.7 Å². The number of H-pyrrole nitrogens is 1. The van der Waals surface area contributed by atoms with Crippen LogP contribution < -0.4 is 48.5 Å². The number of urea groups is 1. The van der Waals surface area contributed by atoms with Crippen LogP contribution in [0.3, 0.4) is 0 Å². The van der Waals surface area contributed by atoms with E-state index >= 15 is 0 Å². The number of carboxylic acids is 2. The quantitative estimate of drug-likeness (QED) is 0.0183. The molecule has 0 saturated carbocycles. The zero-order valence-corrected chi connectivity index (χ0v) is 46.9. The van der Waals surface area contributed by atoms with Crippen molar-refractivity contribution in [1.82, 2.24) is 46.8 Å². The Morgan fingerprint density at radius 1 is 0.829 bits per heavy atom. The van der Waals surface area contributed by atoms with E-state index in [2.05, 4.69) is 46.1 Å². The van der Waals surface area contributed by atoms with Crippen molar-refractivity contribution in [3.05, 3.63) is 33.1 Å². The van der Waals surface area contributed by atoms with Crippen LogP contribution >= 0.6 is 27.4 Å². The minimum atomic E-state index is -5.94. The highest BCUT2D eigenvalue weighted by Crippen LogP contribution is 2.61. The monoisotopic (exact) mass is 1230 g/mol. The lowest BCUT2D eigenvalue weighted by atomic mass is 9.96. The van der Waals surface area contributed by atoms with Crippen LogP contribution in [0, 0.1) is 0 Å². The fourth-order valence-electron chi connectivity index (χ4n) is 9.02. The van der Waals surface area contributed by atoms with Gasteiger partial charge in [0.2, 0.25) is 29.5 Å². The van der Waals surface area contributed by atoms with Crippen molar-refractivity contribution >= 4 is 74.9 Å². The van der Waals surface area contributed by atoms with Crippen molar-refractivity contribution in [3.8, 4) is 0 Å². The molecule has 0 bridgehead atoms. The second-order valence-electron chi connectivity index (χ2n) is 19.5. The summed E-state index contributed by atoms with van der Waals surface area (Å²) in [7, 11) is -11.7. The largest absolute Gasteiger partial charge is 0.483 e. The van der Waals surface area contributed by atoms with Crippen LogP contribution in [-0.4, -0.2) is 214 Å². The fraction of sp³-hybridized carbons (Fsp3) is 0.727. The molecule has 0 aromatic carbocycles. The van der Waals surface area contributed by atoms with Gasteiger partial charge in [0.1, 0.15) is 66.9 Å². The van der Waals surface area contributed by atoms with Crippen LogP contribution in [0.5, 0.6) is 0 Å². The van der Waals surface area contributed by atoms with Crippen LogP contribution in [-0.2, 0) is 70.3 Å². The molecule has 18 atom stereocenters. The Kier molecular flexibility index (Phi) is 25.0. The molecule has 5 rings (SSSR count). The van der Waals surface area contributed by atoms with Gasteiger partial charge in [0.05, 0.1) is 25.3 Å². The normalized spacial score (nSPS) is 28.8. The third-order valence-electron chi connectivity index (χ3n) is 13.2. The summed E-state index contributed by atoms with van der Waals surface area (Å²) in [4.78, 5) is 146. The van der Waals surface area contributed by atoms with Gasteiger partial charge in [-0.3, -0.25) is 47.4 Å². The highest BCUT2D eigenvalue weighted by molar-refractivity contribution is 8.00. The molecule has 462 valence electrons. The molecule has 82 heavy (non-hydrogen) atoms. The highest BCUT2D eigenvalue weighted by atomic mass is 32.2. The number of aliphatic carboxylic acids is 2. The first kappa shape index (κ1) is 67.4. The van der Waals surface area contributed by atoms with Gasteiger partial charge in [-0.05, 0) is 52.4 Å². The standard InChI is InChI=1S/C44H69N9O26P2S/c1-19(37(62)49-23(41(66)67)11-12-29(57)48-22(40(64)65)8-6-7-14-45-28(56)10-5-4-9-27-31-24(18-82-27)50-43(68)52-31)46-38(63)20(2)75-36-32(47-21(3)55)42(77-25(16-54)34(36)60)78-81(72,73)79-80(70,71)74-17-26-33(59)35(61)39(76-26)53-15-13-30(58)51-44(53)69/h13,15,19-20,22-27,31-36,39,42,54,59-61H,4-12,14,16-18H2,1-3H3,(H,45,56)(H,46,63)(H,47,55)(H,48,57)(H,49,62)(H,64,65)(H,66,67)(H,70,71)(H,72,73)(H2,50,52,68)(H,51,58,69)/t19-,20+,22-,23+,24-,25+,26+,27-,31-,32+,33+,34+,35+,36+,39+,42+/m0/s1. The van der Waals surface area contributed by atoms with Gasteiger partial charge in [0.25, 0.3) is 5.56 Å². The summed E-state index contributed by atoms with van der Waals surface area (Å²) in [5.74, 6) is -6.34. The smallest absolute Gasteiger partial charge is 0.480 e. The Hall–Kier alpha value is -5.43. The maximum atomic E-state index is 13.4. The number of nitrogens with one attached hydrogen (secondary N) is 8. The number of phosphoric ester groups is 2. The summed E-state index contributed by atoms with van der Waals surface area (Å²) in [5.41, 5.74) is -1.87. The average Bonchev–Trinajstić information content (AvgIpc) is 4.20. The summed E-state index contributed by atoms with van der Waals surface area (Å²) in [6, 6.07) is -5.66. The number of phosphoric acid groups is 2. The summed E-state index contributed by atoms with van der Waals surface area (Å²) < 4.78 is 57.1. The Labute approximate surface area is 469 Å². The number of aromatic nitrogens is 2. The third kappa shape index (κ3) is 19.6. The molecule has 1 aromatic rings. The SMILES string of the molecule is CC(=O)N[C@H]1[C@@H](OP(=O)(O)OP(=O)(O)OC[C@H]2O[C@@H](n3ccc(=O)[nH]c3=O)[C@H](O)[C@@H]2O)O[C@H](CO)[C@@H](O)[C@@H]1O[C@H](C)C(=O)N[C@@H](C)C(=O)N[C@H](CCC(=O)N[C@@H](CCCCNC(=O)CCCC[C@@H]1SC[C@@H]2NC(=O)N[C@@H]21)C(=O)O)C(=O)O. The number of fused-ring (bicyclic) bond motifs is 1. The Balaban J connectivity index is 1.06. The van der Waals surface area contributed by atoms with Gasteiger partial charge < -0.3 is 91.9 Å². The van der Waals surface area contributed by atoms with Gasteiger partial charge >= 0.3 is 39.3 Å². The number of ether oxygens (including phenoxy) is 3. The van der Waals surface area contributed by atoms with Crippen molar-refractivity contribution in [2.75, 3.05) is 25.5 Å². The number of aliphatic hydroxyl groups is 4. The fourth-order valence-corrected chi connectivity index (χ4v) is 12.7. The molecule has 16 N–H and O–H groups in total. The Bertz CT molecular complexity index is 2670. The van der Waals surface area contributed by atoms with Crippen LogP contribution in [0.15, 0.2) is 21.9 Å². The Morgan fingerprint density at radius 2 is 1.52 bits per heavy atom. The molecule has 5 heterocycles. The van der Waals surface area contributed by atoms with Gasteiger partial charge in [-0.1, -0.05) is 6.42 Å². The lowest BCUT2D eigenvalue weighted by Crippen LogP contribution is -2.66. The molecule has 38 heteroatoms. The molecule has 4 fully saturated rings. The molecule has 0 aliphatic carbocycles. The number of carboxylic acid groups (broad SMARTS) is 2. The second kappa shape index (κ2) is 30.4. The van der Waals surface area contributed by atoms with E-state index in [0.29, 0.717) is 23.8 Å². The first-order valence-electron chi connectivity index (χ1n) is 25.7. The van der Waals surface area contributed by atoms with Crippen LogP contribution in [0.2, 0.25) is 0 Å². The van der Waals surface area contributed by atoms with Crippen molar-refractivity contribution < 1.29 is 115 Å². The maximum Gasteiger partial charge on any atom is 0.483 e. The second-order valence-corrected chi connectivity index (χ2v) is 23.8. The van der Waals surface area contributed by atoms with Crippen molar-refractivity contribution in [3.63, 3.8) is 0 Å². The molecular formula is C44H69N9O26P2S. The lowest BCUT2D eigenvalue weighted by Gasteiger charge is -2.44. The van der Waals surface area contributed by atoms with E-state index in [0.717, 1.165) is 51.6 Å². The minimum Gasteiger partial charge on any atom is -0.480 e. The number of amides is 7. The summed E-state index contributed by atoms with van der Waals surface area (Å²) in [5, 5.41) is 79.3. The molecule has 1 aromatic heterocycles. The molecule has 2 unspecified atom stereocenters. The number of hydrogen-bond donors (Lipinski definition) is 16. The van der Waals surface area contributed by atoms with E-state index in [1.165, 1.54) is 0 Å². The number of thioether (sulfide) groups is 1.